The highest BCUT2D eigenvalue weighted by Crippen LogP contribution is 2.21. The fourth-order valence-corrected chi connectivity index (χ4v) is 1.89. The van der Waals surface area contributed by atoms with Crippen LogP contribution in [0.4, 0.5) is 0 Å². The molecule has 1 aromatic heterocycles. The summed E-state index contributed by atoms with van der Waals surface area (Å²) in [5.74, 6) is 0. The first kappa shape index (κ1) is 9.22. The van der Waals surface area contributed by atoms with Crippen molar-refractivity contribution in [3.8, 4) is 6.07 Å². The fraction of sp³-hybridized carbons (Fsp3) is 0.600. The number of nitrogens with zero attached hydrogens (tertiary/aromatic N) is 4. The van der Waals surface area contributed by atoms with Gasteiger partial charge in [0, 0.05) is 25.2 Å². The topological polar surface area (TPSA) is 44.9 Å². The zero-order chi connectivity index (χ0) is 9.97. The second-order valence-electron chi connectivity index (χ2n) is 3.64. The van der Waals surface area contributed by atoms with Crippen LogP contribution in [0.25, 0.3) is 0 Å². The molecule has 0 saturated heterocycles. The van der Waals surface area contributed by atoms with Crippen LogP contribution in [0.1, 0.15) is 24.6 Å². The Balaban J connectivity index is 2.12. The van der Waals surface area contributed by atoms with E-state index >= 15 is 0 Å². The monoisotopic (exact) mass is 190 g/mol. The molecular weight excluding hydrogens is 176 g/mol. The van der Waals surface area contributed by atoms with E-state index in [4.69, 9.17) is 5.26 Å². The van der Waals surface area contributed by atoms with Gasteiger partial charge in [0.1, 0.15) is 0 Å². The molecule has 2 rings (SSSR count). The van der Waals surface area contributed by atoms with Crippen molar-refractivity contribution in [2.24, 2.45) is 0 Å². The maximum absolute atomic E-state index is 8.60. The van der Waals surface area contributed by atoms with Crippen molar-refractivity contribution >= 4 is 0 Å². The van der Waals surface area contributed by atoms with Gasteiger partial charge in [0.25, 0.3) is 0 Å². The van der Waals surface area contributed by atoms with Crippen molar-refractivity contribution in [3.63, 3.8) is 0 Å². The number of aryl methyl sites for hydroxylation is 1. The van der Waals surface area contributed by atoms with Gasteiger partial charge >= 0.3 is 0 Å². The molecule has 1 aromatic rings. The molecule has 0 aliphatic carbocycles. The van der Waals surface area contributed by atoms with Crippen molar-refractivity contribution in [3.05, 3.63) is 17.5 Å². The van der Waals surface area contributed by atoms with E-state index in [2.05, 4.69) is 27.7 Å². The fourth-order valence-electron chi connectivity index (χ4n) is 1.89. The third kappa shape index (κ3) is 1.51. The molecule has 0 spiro atoms. The highest BCUT2D eigenvalue weighted by atomic mass is 15.3. The molecule has 0 fully saturated rings. The van der Waals surface area contributed by atoms with Gasteiger partial charge in [0.2, 0.25) is 0 Å². The Morgan fingerprint density at radius 1 is 1.57 bits per heavy atom. The Labute approximate surface area is 83.7 Å². The minimum atomic E-state index is 0.515. The van der Waals surface area contributed by atoms with E-state index in [-0.39, 0.29) is 0 Å². The van der Waals surface area contributed by atoms with Gasteiger partial charge in [-0.15, -0.1) is 0 Å². The Morgan fingerprint density at radius 2 is 2.43 bits per heavy atom. The summed E-state index contributed by atoms with van der Waals surface area (Å²) in [7, 11) is 0. The molecule has 14 heavy (non-hydrogen) atoms. The summed E-state index contributed by atoms with van der Waals surface area (Å²) in [6, 6.07) is 2.18. The molecule has 0 radical (unpaired) electrons. The molecule has 0 saturated carbocycles. The molecule has 4 nitrogen and oxygen atoms in total. The zero-order valence-electron chi connectivity index (χ0n) is 8.40. The van der Waals surface area contributed by atoms with Crippen molar-refractivity contribution in [1.29, 1.82) is 5.26 Å². The van der Waals surface area contributed by atoms with E-state index in [1.807, 2.05) is 6.20 Å². The summed E-state index contributed by atoms with van der Waals surface area (Å²) in [5.41, 5.74) is 2.58. The molecule has 0 amide bonds. The maximum Gasteiger partial charge on any atom is 0.0872 e. The lowest BCUT2D eigenvalue weighted by Crippen LogP contribution is -2.18. The summed E-state index contributed by atoms with van der Waals surface area (Å²) in [4.78, 5) is 2.14. The Morgan fingerprint density at radius 3 is 3.14 bits per heavy atom. The van der Waals surface area contributed by atoms with Crippen LogP contribution in [-0.2, 0) is 19.6 Å². The van der Waals surface area contributed by atoms with Crippen molar-refractivity contribution in [2.75, 3.05) is 6.54 Å². The van der Waals surface area contributed by atoms with E-state index in [0.717, 1.165) is 26.1 Å². The van der Waals surface area contributed by atoms with Crippen molar-refractivity contribution in [2.45, 2.75) is 33.0 Å². The summed E-state index contributed by atoms with van der Waals surface area (Å²) in [5, 5.41) is 12.9. The average molecular weight is 190 g/mol. The third-order valence-electron chi connectivity index (χ3n) is 2.53. The molecule has 0 bridgehead atoms. The summed E-state index contributed by atoms with van der Waals surface area (Å²) < 4.78 is 2.06. The Kier molecular flexibility index (Phi) is 2.51. The smallest absolute Gasteiger partial charge is 0.0872 e. The number of hydrogen-bond acceptors (Lipinski definition) is 3. The van der Waals surface area contributed by atoms with Crippen LogP contribution in [0.5, 0.6) is 0 Å². The quantitative estimate of drug-likeness (QED) is 0.671. The van der Waals surface area contributed by atoms with Gasteiger partial charge in [-0.1, -0.05) is 6.92 Å². The summed E-state index contributed by atoms with van der Waals surface area (Å²) in [6.45, 7) is 5.40. The average Bonchev–Trinajstić information content (AvgIpc) is 2.69. The number of hydrogen-bond donors (Lipinski definition) is 0. The van der Waals surface area contributed by atoms with Gasteiger partial charge in [-0.3, -0.25) is 9.58 Å². The zero-order valence-corrected chi connectivity index (χ0v) is 8.40. The van der Waals surface area contributed by atoms with E-state index in [9.17, 15) is 0 Å². The maximum atomic E-state index is 8.60. The highest BCUT2D eigenvalue weighted by Gasteiger charge is 2.22. The number of fused-ring (bicyclic) bond motifs is 1. The first-order chi connectivity index (χ1) is 6.85. The molecule has 1 aliphatic heterocycles. The van der Waals surface area contributed by atoms with Gasteiger partial charge in [0.05, 0.1) is 24.5 Å². The second-order valence-corrected chi connectivity index (χ2v) is 3.64. The SMILES string of the molecule is CCCn1ncc2c1CN(CC#N)C2. The lowest BCUT2D eigenvalue weighted by molar-refractivity contribution is 0.310. The first-order valence-corrected chi connectivity index (χ1v) is 4.98. The van der Waals surface area contributed by atoms with Gasteiger partial charge in [-0.05, 0) is 6.42 Å². The Hall–Kier alpha value is -1.34. The molecule has 4 heteroatoms. The van der Waals surface area contributed by atoms with E-state index < -0.39 is 0 Å². The molecule has 1 aliphatic rings. The predicted octanol–water partition coefficient (Wildman–Crippen LogP) is 1.13. The van der Waals surface area contributed by atoms with Crippen molar-refractivity contribution < 1.29 is 0 Å². The Bertz CT molecular complexity index is 361. The van der Waals surface area contributed by atoms with Crippen LogP contribution in [0.15, 0.2) is 6.20 Å². The number of aromatic nitrogens is 2. The van der Waals surface area contributed by atoms with Crippen LogP contribution < -0.4 is 0 Å². The van der Waals surface area contributed by atoms with Crippen LogP contribution >= 0.6 is 0 Å². The molecule has 0 N–H and O–H groups in total. The third-order valence-corrected chi connectivity index (χ3v) is 2.53. The van der Waals surface area contributed by atoms with Crippen LogP contribution in [0.2, 0.25) is 0 Å². The molecule has 2 heterocycles. The van der Waals surface area contributed by atoms with E-state index in [0.29, 0.717) is 6.54 Å². The summed E-state index contributed by atoms with van der Waals surface area (Å²) in [6.07, 6.45) is 3.04. The van der Waals surface area contributed by atoms with Crippen LogP contribution in [0.3, 0.4) is 0 Å². The molecule has 74 valence electrons. The van der Waals surface area contributed by atoms with Gasteiger partial charge in [-0.2, -0.15) is 10.4 Å². The minimum Gasteiger partial charge on any atom is -0.280 e. The number of rotatable bonds is 3. The van der Waals surface area contributed by atoms with Crippen molar-refractivity contribution in [1.82, 2.24) is 14.7 Å². The normalized spacial score (nSPS) is 15.4. The van der Waals surface area contributed by atoms with E-state index in [1.165, 1.54) is 11.3 Å². The van der Waals surface area contributed by atoms with Gasteiger partial charge in [0.15, 0.2) is 0 Å². The second kappa shape index (κ2) is 3.81. The molecule has 0 unspecified atom stereocenters. The minimum absolute atomic E-state index is 0.515. The number of nitriles is 1. The summed E-state index contributed by atoms with van der Waals surface area (Å²) >= 11 is 0. The highest BCUT2D eigenvalue weighted by molar-refractivity contribution is 5.22. The van der Waals surface area contributed by atoms with Gasteiger partial charge in [-0.25, -0.2) is 0 Å². The van der Waals surface area contributed by atoms with Gasteiger partial charge < -0.3 is 0 Å². The molecular formula is C10H14N4. The van der Waals surface area contributed by atoms with E-state index in [1.54, 1.807) is 0 Å². The van der Waals surface area contributed by atoms with Crippen LogP contribution in [-0.4, -0.2) is 21.2 Å². The first-order valence-electron chi connectivity index (χ1n) is 4.98. The largest absolute Gasteiger partial charge is 0.280 e. The predicted molar refractivity (Wildman–Crippen MR) is 52.2 cm³/mol. The molecule has 0 atom stereocenters. The lowest BCUT2D eigenvalue weighted by Gasteiger charge is -2.10. The standard InChI is InChI=1S/C10H14N4/c1-2-4-14-10-8-13(5-3-11)7-9(10)6-12-14/h6H,2,4-5,7-8H2,1H3. The molecule has 0 aromatic carbocycles. The van der Waals surface area contributed by atoms with Crippen LogP contribution in [0, 0.1) is 11.3 Å². The lowest BCUT2D eigenvalue weighted by atomic mass is 10.3.